The third-order valence-corrected chi connectivity index (χ3v) is 2.30. The van der Waals surface area contributed by atoms with Gasteiger partial charge in [0.2, 0.25) is 0 Å². The zero-order valence-electron chi connectivity index (χ0n) is 8.60. The number of nitrogens with zero attached hydrogens (tertiary/aromatic N) is 3. The van der Waals surface area contributed by atoms with E-state index in [-0.39, 0.29) is 0 Å². The van der Waals surface area contributed by atoms with E-state index in [1.807, 2.05) is 12.1 Å². The zero-order chi connectivity index (χ0) is 11.2. The Kier molecular flexibility index (Phi) is 3.66. The fraction of sp³-hybridized carbons (Fsp3) is 0.182. The fourth-order valence-electron chi connectivity index (χ4n) is 1.34. The normalized spacial score (nSPS) is 10.1. The molecule has 0 saturated carbocycles. The van der Waals surface area contributed by atoms with Gasteiger partial charge < -0.3 is 5.32 Å². The lowest BCUT2D eigenvalue weighted by Gasteiger charge is -2.05. The van der Waals surface area contributed by atoms with Crippen LogP contribution in [0.2, 0.25) is 5.15 Å². The molecule has 5 heteroatoms. The Bertz CT molecular complexity index is 447. The molecule has 0 aliphatic heterocycles. The maximum atomic E-state index is 5.72. The van der Waals surface area contributed by atoms with E-state index in [0.717, 1.165) is 18.7 Å². The lowest BCUT2D eigenvalue weighted by atomic mass is 10.2. The number of halogens is 1. The number of anilines is 1. The second-order valence-electron chi connectivity index (χ2n) is 3.30. The van der Waals surface area contributed by atoms with Gasteiger partial charge in [-0.3, -0.25) is 4.98 Å². The lowest BCUT2D eigenvalue weighted by molar-refractivity contribution is 0.989. The summed E-state index contributed by atoms with van der Waals surface area (Å²) in [7, 11) is 0. The fourth-order valence-corrected chi connectivity index (χ4v) is 1.50. The summed E-state index contributed by atoms with van der Waals surface area (Å²) in [6.07, 6.45) is 6.17. The Balaban J connectivity index is 1.85. The summed E-state index contributed by atoms with van der Waals surface area (Å²) < 4.78 is 0. The lowest BCUT2D eigenvalue weighted by Crippen LogP contribution is -2.05. The van der Waals surface area contributed by atoms with Crippen LogP contribution in [0.4, 0.5) is 5.69 Å². The smallest absolute Gasteiger partial charge is 0.153 e. The zero-order valence-corrected chi connectivity index (χ0v) is 9.35. The molecule has 0 unspecified atom stereocenters. The van der Waals surface area contributed by atoms with Crippen molar-refractivity contribution in [2.75, 3.05) is 11.9 Å². The molecule has 2 aromatic heterocycles. The number of aromatic nitrogens is 3. The van der Waals surface area contributed by atoms with Crippen molar-refractivity contribution in [2.24, 2.45) is 0 Å². The molecule has 0 aromatic carbocycles. The van der Waals surface area contributed by atoms with E-state index in [1.54, 1.807) is 24.7 Å². The highest BCUT2D eigenvalue weighted by Crippen LogP contribution is 2.10. The Morgan fingerprint density at radius 3 is 2.81 bits per heavy atom. The number of rotatable bonds is 4. The molecule has 0 amide bonds. The van der Waals surface area contributed by atoms with E-state index in [2.05, 4.69) is 20.5 Å². The van der Waals surface area contributed by atoms with Crippen LogP contribution in [-0.4, -0.2) is 21.7 Å². The Hall–Kier alpha value is -1.68. The van der Waals surface area contributed by atoms with Crippen LogP contribution >= 0.6 is 11.6 Å². The molecule has 16 heavy (non-hydrogen) atoms. The van der Waals surface area contributed by atoms with Gasteiger partial charge in [-0.15, -0.1) is 5.10 Å². The maximum Gasteiger partial charge on any atom is 0.153 e. The van der Waals surface area contributed by atoms with Gasteiger partial charge in [0.15, 0.2) is 5.15 Å². The van der Waals surface area contributed by atoms with Crippen molar-refractivity contribution in [3.63, 3.8) is 0 Å². The second-order valence-corrected chi connectivity index (χ2v) is 3.69. The minimum Gasteiger partial charge on any atom is -0.383 e. The highest BCUT2D eigenvalue weighted by Gasteiger charge is 1.96. The van der Waals surface area contributed by atoms with Gasteiger partial charge in [-0.05, 0) is 24.1 Å². The molecule has 2 rings (SSSR count). The van der Waals surface area contributed by atoms with E-state index in [9.17, 15) is 0 Å². The first-order valence-corrected chi connectivity index (χ1v) is 5.33. The molecule has 0 spiro atoms. The summed E-state index contributed by atoms with van der Waals surface area (Å²) in [5, 5.41) is 11.1. The molecule has 0 aliphatic rings. The Morgan fingerprint density at radius 1 is 1.25 bits per heavy atom. The van der Waals surface area contributed by atoms with Gasteiger partial charge in [-0.25, -0.2) is 0 Å². The minimum absolute atomic E-state index is 0.397. The van der Waals surface area contributed by atoms with Crippen molar-refractivity contribution in [2.45, 2.75) is 6.42 Å². The first kappa shape index (κ1) is 10.8. The van der Waals surface area contributed by atoms with Gasteiger partial charge in [-0.2, -0.15) is 5.10 Å². The van der Waals surface area contributed by atoms with Gasteiger partial charge in [0.1, 0.15) is 0 Å². The second kappa shape index (κ2) is 5.42. The predicted molar refractivity (Wildman–Crippen MR) is 63.5 cm³/mol. The summed E-state index contributed by atoms with van der Waals surface area (Å²) in [6, 6.07) is 5.75. The van der Waals surface area contributed by atoms with Crippen LogP contribution in [0.3, 0.4) is 0 Å². The molecular weight excluding hydrogens is 224 g/mol. The van der Waals surface area contributed by atoms with Crippen molar-refractivity contribution in [1.82, 2.24) is 15.2 Å². The van der Waals surface area contributed by atoms with Crippen LogP contribution in [0.1, 0.15) is 5.56 Å². The van der Waals surface area contributed by atoms with Crippen LogP contribution < -0.4 is 5.32 Å². The molecule has 82 valence electrons. The summed E-state index contributed by atoms with van der Waals surface area (Å²) in [5.41, 5.74) is 2.13. The van der Waals surface area contributed by atoms with E-state index in [0.29, 0.717) is 5.15 Å². The van der Waals surface area contributed by atoms with E-state index < -0.39 is 0 Å². The van der Waals surface area contributed by atoms with Crippen LogP contribution in [0.25, 0.3) is 0 Å². The molecule has 0 atom stereocenters. The molecule has 0 bridgehead atoms. The van der Waals surface area contributed by atoms with Gasteiger partial charge in [-0.1, -0.05) is 11.6 Å². The minimum atomic E-state index is 0.397. The largest absolute Gasteiger partial charge is 0.383 e. The monoisotopic (exact) mass is 234 g/mol. The van der Waals surface area contributed by atoms with Crippen LogP contribution in [0, 0.1) is 0 Å². The number of hydrogen-bond donors (Lipinski definition) is 1. The number of pyridine rings is 1. The average Bonchev–Trinajstić information content (AvgIpc) is 2.30. The third kappa shape index (κ3) is 3.17. The standard InChI is InChI=1S/C11H11ClN4/c12-11-7-10(8-15-16-11)14-6-3-9-1-4-13-5-2-9/h1-2,4-5,7-8H,3,6H2,(H,14,16). The van der Waals surface area contributed by atoms with Crippen molar-refractivity contribution in [3.8, 4) is 0 Å². The molecule has 2 aromatic rings. The van der Waals surface area contributed by atoms with Crippen LogP contribution in [0.5, 0.6) is 0 Å². The van der Waals surface area contributed by atoms with Gasteiger partial charge in [0.05, 0.1) is 11.9 Å². The molecule has 0 radical (unpaired) electrons. The van der Waals surface area contributed by atoms with Crippen molar-refractivity contribution in [1.29, 1.82) is 0 Å². The van der Waals surface area contributed by atoms with Crippen molar-refractivity contribution >= 4 is 17.3 Å². The van der Waals surface area contributed by atoms with Crippen molar-refractivity contribution in [3.05, 3.63) is 47.5 Å². The molecular formula is C11H11ClN4. The van der Waals surface area contributed by atoms with E-state index in [4.69, 9.17) is 11.6 Å². The van der Waals surface area contributed by atoms with E-state index in [1.165, 1.54) is 5.56 Å². The molecule has 2 heterocycles. The van der Waals surface area contributed by atoms with Crippen LogP contribution in [0.15, 0.2) is 36.8 Å². The highest BCUT2D eigenvalue weighted by atomic mass is 35.5. The van der Waals surface area contributed by atoms with E-state index >= 15 is 0 Å². The predicted octanol–water partition coefficient (Wildman–Crippen LogP) is 2.18. The molecule has 0 aliphatic carbocycles. The quantitative estimate of drug-likeness (QED) is 0.881. The molecule has 0 saturated heterocycles. The summed E-state index contributed by atoms with van der Waals surface area (Å²) >= 11 is 5.72. The SMILES string of the molecule is Clc1cc(NCCc2ccncc2)cnn1. The summed E-state index contributed by atoms with van der Waals surface area (Å²) in [5.74, 6) is 0. The first-order chi connectivity index (χ1) is 7.84. The Morgan fingerprint density at radius 2 is 2.06 bits per heavy atom. The van der Waals surface area contributed by atoms with Gasteiger partial charge in [0, 0.05) is 25.0 Å². The first-order valence-electron chi connectivity index (χ1n) is 4.95. The molecule has 1 N–H and O–H groups in total. The summed E-state index contributed by atoms with van der Waals surface area (Å²) in [6.45, 7) is 0.825. The average molecular weight is 235 g/mol. The van der Waals surface area contributed by atoms with Crippen LogP contribution in [-0.2, 0) is 6.42 Å². The topological polar surface area (TPSA) is 50.7 Å². The maximum absolute atomic E-state index is 5.72. The molecule has 4 nitrogen and oxygen atoms in total. The molecule has 0 fully saturated rings. The van der Waals surface area contributed by atoms with Gasteiger partial charge >= 0.3 is 0 Å². The highest BCUT2D eigenvalue weighted by molar-refractivity contribution is 6.29. The van der Waals surface area contributed by atoms with Crippen molar-refractivity contribution < 1.29 is 0 Å². The summed E-state index contributed by atoms with van der Waals surface area (Å²) in [4.78, 5) is 3.97. The Labute approximate surface area is 98.7 Å². The number of hydrogen-bond acceptors (Lipinski definition) is 4. The van der Waals surface area contributed by atoms with Gasteiger partial charge in [0.25, 0.3) is 0 Å². The third-order valence-electron chi connectivity index (χ3n) is 2.12. The number of nitrogens with one attached hydrogen (secondary N) is 1.